The van der Waals surface area contributed by atoms with Crippen LogP contribution in [0.15, 0.2) is 0 Å². The molecule has 0 unspecified atom stereocenters. The molecule has 7 nitrogen and oxygen atoms in total. The number of nitrogens with one attached hydrogen (secondary N) is 2. The number of aliphatic carboxylic acids is 1. The Labute approximate surface area is 118 Å². The van der Waals surface area contributed by atoms with Crippen molar-refractivity contribution in [2.24, 2.45) is 5.92 Å². The Kier molecular flexibility index (Phi) is 7.49. The van der Waals surface area contributed by atoms with Crippen molar-refractivity contribution in [2.45, 2.75) is 52.6 Å². The van der Waals surface area contributed by atoms with Crippen molar-refractivity contribution >= 4 is 23.6 Å². The molecule has 0 bridgehead atoms. The zero-order valence-electron chi connectivity index (χ0n) is 12.2. The van der Waals surface area contributed by atoms with Gasteiger partial charge in [-0.2, -0.15) is 0 Å². The van der Waals surface area contributed by atoms with E-state index in [0.29, 0.717) is 0 Å². The van der Waals surface area contributed by atoms with Gasteiger partial charge in [-0.15, -0.1) is 0 Å². The smallest absolute Gasteiger partial charge is 0.326 e. The highest BCUT2D eigenvalue weighted by Gasteiger charge is 2.27. The van der Waals surface area contributed by atoms with E-state index in [9.17, 15) is 19.2 Å². The van der Waals surface area contributed by atoms with Crippen LogP contribution in [0.1, 0.15) is 40.5 Å². The minimum atomic E-state index is -1.20. The minimum Gasteiger partial charge on any atom is -0.480 e. The average molecular weight is 286 g/mol. The number of carboxylic acid groups (broad SMARTS) is 1. The summed E-state index contributed by atoms with van der Waals surface area (Å²) in [4.78, 5) is 45.0. The summed E-state index contributed by atoms with van der Waals surface area (Å²) in [5.41, 5.74) is 0. The molecule has 0 fully saturated rings. The first-order valence-corrected chi connectivity index (χ1v) is 6.44. The van der Waals surface area contributed by atoms with Gasteiger partial charge in [0.2, 0.25) is 11.8 Å². The second-order valence-corrected chi connectivity index (χ2v) is 5.06. The predicted molar refractivity (Wildman–Crippen MR) is 71.9 cm³/mol. The van der Waals surface area contributed by atoms with Crippen molar-refractivity contribution in [3.63, 3.8) is 0 Å². The van der Waals surface area contributed by atoms with Crippen LogP contribution in [0, 0.1) is 5.92 Å². The summed E-state index contributed by atoms with van der Waals surface area (Å²) in [6, 6.07) is -1.94. The molecule has 0 aromatic rings. The highest BCUT2D eigenvalue weighted by molar-refractivity contribution is 5.90. The van der Waals surface area contributed by atoms with E-state index in [4.69, 9.17) is 5.11 Å². The third-order valence-electron chi connectivity index (χ3n) is 2.71. The van der Waals surface area contributed by atoms with Crippen molar-refractivity contribution in [3.05, 3.63) is 0 Å². The fraction of sp³-hybridized carbons (Fsp3) is 0.692. The van der Waals surface area contributed by atoms with E-state index < -0.39 is 24.0 Å². The Balaban J connectivity index is 4.74. The normalized spacial score (nSPS) is 13.4. The highest BCUT2D eigenvalue weighted by atomic mass is 16.4. The second kappa shape index (κ2) is 8.29. The van der Waals surface area contributed by atoms with Crippen LogP contribution < -0.4 is 10.6 Å². The number of rotatable bonds is 8. The van der Waals surface area contributed by atoms with Gasteiger partial charge in [-0.05, 0) is 19.3 Å². The van der Waals surface area contributed by atoms with Gasteiger partial charge in [-0.3, -0.25) is 9.59 Å². The van der Waals surface area contributed by atoms with Crippen molar-refractivity contribution in [1.82, 2.24) is 10.6 Å². The summed E-state index contributed by atoms with van der Waals surface area (Å²) in [6.07, 6.45) is 0.102. The van der Waals surface area contributed by atoms with E-state index in [2.05, 4.69) is 10.6 Å². The maximum Gasteiger partial charge on any atom is 0.326 e. The van der Waals surface area contributed by atoms with Crippen LogP contribution in [0.5, 0.6) is 0 Å². The van der Waals surface area contributed by atoms with E-state index in [1.165, 1.54) is 13.8 Å². The van der Waals surface area contributed by atoms with Crippen LogP contribution in [0.2, 0.25) is 0 Å². The Morgan fingerprint density at radius 1 is 1.05 bits per heavy atom. The molecule has 0 aliphatic rings. The monoisotopic (exact) mass is 286 g/mol. The number of amides is 2. The molecule has 0 saturated carbocycles. The van der Waals surface area contributed by atoms with Gasteiger partial charge in [0, 0.05) is 13.3 Å². The van der Waals surface area contributed by atoms with Gasteiger partial charge < -0.3 is 20.5 Å². The zero-order chi connectivity index (χ0) is 15.9. The molecule has 2 atom stereocenters. The van der Waals surface area contributed by atoms with Gasteiger partial charge in [-0.1, -0.05) is 13.8 Å². The molecule has 20 heavy (non-hydrogen) atoms. The van der Waals surface area contributed by atoms with Gasteiger partial charge >= 0.3 is 5.97 Å². The van der Waals surface area contributed by atoms with E-state index in [1.807, 2.05) is 0 Å². The molecule has 0 aliphatic carbocycles. The van der Waals surface area contributed by atoms with Crippen molar-refractivity contribution in [3.8, 4) is 0 Å². The molecule has 114 valence electrons. The Morgan fingerprint density at radius 3 is 1.95 bits per heavy atom. The van der Waals surface area contributed by atoms with E-state index in [0.717, 1.165) is 0 Å². The molecule has 0 saturated heterocycles. The fourth-order valence-corrected chi connectivity index (χ4v) is 1.62. The molecule has 0 aliphatic heterocycles. The first kappa shape index (κ1) is 18.1. The number of hydrogen-bond donors (Lipinski definition) is 3. The molecule has 0 aromatic carbocycles. The molecule has 0 aromatic heterocycles. The van der Waals surface area contributed by atoms with Crippen LogP contribution >= 0.6 is 0 Å². The van der Waals surface area contributed by atoms with Gasteiger partial charge in [0.1, 0.15) is 17.9 Å². The summed E-state index contributed by atoms with van der Waals surface area (Å²) in [5.74, 6) is -2.46. The zero-order valence-corrected chi connectivity index (χ0v) is 12.2. The van der Waals surface area contributed by atoms with Crippen molar-refractivity contribution < 1.29 is 24.3 Å². The van der Waals surface area contributed by atoms with E-state index in [-0.39, 0.29) is 30.4 Å². The van der Waals surface area contributed by atoms with Gasteiger partial charge in [0.25, 0.3) is 0 Å². The number of hydrogen-bond acceptors (Lipinski definition) is 4. The Morgan fingerprint density at radius 2 is 1.60 bits per heavy atom. The van der Waals surface area contributed by atoms with Crippen LogP contribution in [-0.4, -0.2) is 40.8 Å². The average Bonchev–Trinajstić information content (AvgIpc) is 2.29. The topological polar surface area (TPSA) is 113 Å². The second-order valence-electron chi connectivity index (χ2n) is 5.06. The van der Waals surface area contributed by atoms with Gasteiger partial charge in [-0.25, -0.2) is 4.79 Å². The molecule has 0 spiro atoms. The first-order valence-electron chi connectivity index (χ1n) is 6.44. The summed E-state index contributed by atoms with van der Waals surface area (Å²) in [6.45, 7) is 6.12. The molecule has 3 N–H and O–H groups in total. The Bertz CT molecular complexity index is 392. The van der Waals surface area contributed by atoms with Crippen molar-refractivity contribution in [1.29, 1.82) is 0 Å². The quantitative estimate of drug-likeness (QED) is 0.585. The number of carbonyl (C=O) groups is 4. The molecule has 7 heteroatoms. The van der Waals surface area contributed by atoms with Crippen LogP contribution in [-0.2, 0) is 19.2 Å². The molecular formula is C13H22N2O5. The number of carboxylic acids is 1. The third kappa shape index (κ3) is 6.86. The lowest BCUT2D eigenvalue weighted by molar-refractivity contribution is -0.142. The number of ketones is 1. The lowest BCUT2D eigenvalue weighted by Gasteiger charge is -2.23. The lowest BCUT2D eigenvalue weighted by atomic mass is 10.0. The highest BCUT2D eigenvalue weighted by Crippen LogP contribution is 2.05. The Hall–Kier alpha value is -1.92. The van der Waals surface area contributed by atoms with E-state index in [1.54, 1.807) is 13.8 Å². The van der Waals surface area contributed by atoms with Gasteiger partial charge in [0.05, 0.1) is 0 Å². The number of Topliss-reactive ketones (excluding diaryl/α,β-unsaturated/α-hetero) is 1. The van der Waals surface area contributed by atoms with Crippen LogP contribution in [0.25, 0.3) is 0 Å². The van der Waals surface area contributed by atoms with Crippen molar-refractivity contribution in [2.75, 3.05) is 0 Å². The molecule has 0 radical (unpaired) electrons. The van der Waals surface area contributed by atoms with Gasteiger partial charge in [0.15, 0.2) is 0 Å². The maximum atomic E-state index is 12.0. The standard InChI is InChI=1S/C13H22N2O5/c1-7(2)11(14-9(4)17)12(18)15-10(13(19)20)6-5-8(3)16/h7,10-11H,5-6H2,1-4H3,(H,14,17)(H,15,18)(H,19,20)/t10-,11-/m1/s1. The summed E-state index contributed by atoms with van der Waals surface area (Å²) in [7, 11) is 0. The summed E-state index contributed by atoms with van der Waals surface area (Å²) >= 11 is 0. The van der Waals surface area contributed by atoms with Crippen LogP contribution in [0.4, 0.5) is 0 Å². The fourth-order valence-electron chi connectivity index (χ4n) is 1.62. The molecular weight excluding hydrogens is 264 g/mol. The van der Waals surface area contributed by atoms with E-state index >= 15 is 0 Å². The predicted octanol–water partition coefficient (Wildman–Crippen LogP) is 0.0857. The SMILES string of the molecule is CC(=O)CC[C@@H](NC(=O)[C@H](NC(C)=O)C(C)C)C(=O)O. The summed E-state index contributed by atoms with van der Waals surface area (Å²) in [5, 5.41) is 13.9. The molecule has 2 amide bonds. The minimum absolute atomic E-state index is 0.0291. The molecule has 0 heterocycles. The third-order valence-corrected chi connectivity index (χ3v) is 2.71. The maximum absolute atomic E-state index is 12.0. The van der Waals surface area contributed by atoms with Crippen LogP contribution in [0.3, 0.4) is 0 Å². The lowest BCUT2D eigenvalue weighted by Crippen LogP contribution is -2.53. The summed E-state index contributed by atoms with van der Waals surface area (Å²) < 4.78 is 0. The largest absolute Gasteiger partial charge is 0.480 e. The number of carbonyl (C=O) groups excluding carboxylic acids is 3. The first-order chi connectivity index (χ1) is 9.15. The molecule has 0 rings (SSSR count).